The highest BCUT2D eigenvalue weighted by Crippen LogP contribution is 2.06. The number of esters is 1. The van der Waals surface area contributed by atoms with E-state index in [2.05, 4.69) is 0 Å². The fraction of sp³-hybridized carbons (Fsp3) is 0.571. The van der Waals surface area contributed by atoms with Gasteiger partial charge in [0.15, 0.2) is 0 Å². The fourth-order valence-electron chi connectivity index (χ4n) is 1.95. The lowest BCUT2D eigenvalue weighted by molar-refractivity contribution is -0.155. The highest BCUT2D eigenvalue weighted by molar-refractivity contribution is 5.75. The molecule has 11 heteroatoms. The summed E-state index contributed by atoms with van der Waals surface area (Å²) in [6.07, 6.45) is 0. The predicted octanol–water partition coefficient (Wildman–Crippen LogP) is -1.81. The molecule has 1 aromatic heterocycles. The van der Waals surface area contributed by atoms with Crippen molar-refractivity contribution < 1.29 is 24.2 Å². The van der Waals surface area contributed by atoms with Gasteiger partial charge in [-0.2, -0.15) is 0 Å². The standard InChI is InChI=1S/C14H19N3O8/c1-8(18)5-15-11(22)16(6-9(19)20)13(24)17(12(15)23)7-10(21)25-14(2,3)4/h5-7H2,1-4H3,(H,19,20). The van der Waals surface area contributed by atoms with Gasteiger partial charge in [-0.25, -0.2) is 28.1 Å². The molecular weight excluding hydrogens is 338 g/mol. The number of nitrogens with zero attached hydrogens (tertiary/aromatic N) is 3. The number of rotatable bonds is 6. The summed E-state index contributed by atoms with van der Waals surface area (Å²) in [5.41, 5.74) is -4.59. The Morgan fingerprint density at radius 2 is 1.28 bits per heavy atom. The molecule has 0 aromatic carbocycles. The van der Waals surface area contributed by atoms with E-state index in [1.165, 1.54) is 0 Å². The van der Waals surface area contributed by atoms with E-state index in [1.807, 2.05) is 0 Å². The van der Waals surface area contributed by atoms with Crippen molar-refractivity contribution in [2.24, 2.45) is 0 Å². The molecule has 0 aliphatic heterocycles. The number of carboxylic acid groups (broad SMARTS) is 1. The Hall–Kier alpha value is -2.98. The van der Waals surface area contributed by atoms with Gasteiger partial charge in [0, 0.05) is 0 Å². The van der Waals surface area contributed by atoms with Gasteiger partial charge in [0.2, 0.25) is 0 Å². The predicted molar refractivity (Wildman–Crippen MR) is 83.4 cm³/mol. The van der Waals surface area contributed by atoms with Crippen molar-refractivity contribution >= 4 is 17.7 Å². The van der Waals surface area contributed by atoms with E-state index in [9.17, 15) is 28.8 Å². The van der Waals surface area contributed by atoms with Crippen molar-refractivity contribution in [2.45, 2.75) is 52.9 Å². The summed E-state index contributed by atoms with van der Waals surface area (Å²) in [6.45, 7) is 3.33. The Kier molecular flexibility index (Phi) is 5.84. The highest BCUT2D eigenvalue weighted by Gasteiger charge is 2.22. The maximum absolute atomic E-state index is 12.3. The number of ketones is 1. The summed E-state index contributed by atoms with van der Waals surface area (Å²) >= 11 is 0. The third-order valence-corrected chi connectivity index (χ3v) is 2.77. The van der Waals surface area contributed by atoms with Crippen LogP contribution >= 0.6 is 0 Å². The number of carboxylic acids is 1. The van der Waals surface area contributed by atoms with E-state index >= 15 is 0 Å². The van der Waals surface area contributed by atoms with Gasteiger partial charge in [-0.05, 0) is 27.7 Å². The molecular formula is C14H19N3O8. The van der Waals surface area contributed by atoms with Crippen LogP contribution in [0.1, 0.15) is 27.7 Å². The Morgan fingerprint density at radius 1 is 0.880 bits per heavy atom. The Morgan fingerprint density at radius 3 is 1.64 bits per heavy atom. The molecule has 0 radical (unpaired) electrons. The quantitative estimate of drug-likeness (QED) is 0.586. The molecule has 1 heterocycles. The molecule has 25 heavy (non-hydrogen) atoms. The van der Waals surface area contributed by atoms with Crippen LogP contribution in [-0.4, -0.2) is 42.1 Å². The second kappa shape index (κ2) is 7.28. The summed E-state index contributed by atoms with van der Waals surface area (Å²) < 4.78 is 6.03. The van der Waals surface area contributed by atoms with E-state index in [-0.39, 0.29) is 4.57 Å². The van der Waals surface area contributed by atoms with Gasteiger partial charge in [-0.15, -0.1) is 0 Å². The average Bonchev–Trinajstić information content (AvgIpc) is 2.42. The van der Waals surface area contributed by atoms with E-state index in [0.717, 1.165) is 6.92 Å². The molecule has 11 nitrogen and oxygen atoms in total. The maximum Gasteiger partial charge on any atom is 0.337 e. The van der Waals surface area contributed by atoms with Crippen LogP contribution in [0.3, 0.4) is 0 Å². The van der Waals surface area contributed by atoms with Gasteiger partial charge >= 0.3 is 29.0 Å². The van der Waals surface area contributed by atoms with Gasteiger partial charge in [-0.3, -0.25) is 14.4 Å². The molecule has 0 saturated carbocycles. The van der Waals surface area contributed by atoms with Crippen LogP contribution in [0.2, 0.25) is 0 Å². The zero-order chi connectivity index (χ0) is 19.5. The number of aliphatic carboxylic acids is 1. The van der Waals surface area contributed by atoms with Crippen LogP contribution in [0, 0.1) is 0 Å². The molecule has 0 spiro atoms. The number of aromatic nitrogens is 3. The number of carbonyl (C=O) groups is 3. The summed E-state index contributed by atoms with van der Waals surface area (Å²) in [7, 11) is 0. The lowest BCUT2D eigenvalue weighted by Crippen LogP contribution is -2.56. The second-order valence-electron chi connectivity index (χ2n) is 6.29. The van der Waals surface area contributed by atoms with E-state index in [4.69, 9.17) is 9.84 Å². The first-order valence-electron chi connectivity index (χ1n) is 7.21. The zero-order valence-electron chi connectivity index (χ0n) is 14.3. The molecule has 0 aliphatic carbocycles. The summed E-state index contributed by atoms with van der Waals surface area (Å²) in [5, 5.41) is 8.83. The molecule has 1 N–H and O–H groups in total. The molecule has 0 unspecified atom stereocenters. The topological polar surface area (TPSA) is 147 Å². The summed E-state index contributed by atoms with van der Waals surface area (Å²) in [5.74, 6) is -3.00. The Bertz CT molecular complexity index is 827. The fourth-order valence-corrected chi connectivity index (χ4v) is 1.95. The summed E-state index contributed by atoms with van der Waals surface area (Å²) in [4.78, 5) is 70.7. The van der Waals surface area contributed by atoms with Crippen LogP contribution in [0.4, 0.5) is 0 Å². The number of hydrogen-bond donors (Lipinski definition) is 1. The van der Waals surface area contributed by atoms with Crippen LogP contribution in [0.25, 0.3) is 0 Å². The zero-order valence-corrected chi connectivity index (χ0v) is 14.3. The normalized spacial score (nSPS) is 11.2. The number of Topliss-reactive ketones (excluding diaryl/α,β-unsaturated/α-hetero) is 1. The minimum Gasteiger partial charge on any atom is -0.480 e. The van der Waals surface area contributed by atoms with Crippen LogP contribution in [0.15, 0.2) is 14.4 Å². The minimum atomic E-state index is -1.50. The molecule has 138 valence electrons. The van der Waals surface area contributed by atoms with Crippen molar-refractivity contribution in [3.63, 3.8) is 0 Å². The molecule has 0 amide bonds. The first kappa shape index (κ1) is 20.1. The number of hydrogen-bond acceptors (Lipinski definition) is 7. The van der Waals surface area contributed by atoms with Crippen LogP contribution in [0.5, 0.6) is 0 Å². The SMILES string of the molecule is CC(=O)Cn1c(=O)n(CC(=O)O)c(=O)n(CC(=O)OC(C)(C)C)c1=O. The second-order valence-corrected chi connectivity index (χ2v) is 6.29. The first-order valence-corrected chi connectivity index (χ1v) is 7.21. The molecule has 1 rings (SSSR count). The minimum absolute atomic E-state index is 0.261. The molecule has 0 bridgehead atoms. The highest BCUT2D eigenvalue weighted by atomic mass is 16.6. The van der Waals surface area contributed by atoms with E-state index < -0.39 is 60.0 Å². The molecule has 0 fully saturated rings. The average molecular weight is 357 g/mol. The monoisotopic (exact) mass is 357 g/mol. The molecule has 0 saturated heterocycles. The van der Waals surface area contributed by atoms with Crippen molar-refractivity contribution in [3.05, 3.63) is 31.5 Å². The third kappa shape index (κ3) is 5.26. The maximum atomic E-state index is 12.3. The van der Waals surface area contributed by atoms with Crippen LogP contribution < -0.4 is 17.1 Å². The van der Waals surface area contributed by atoms with Gasteiger partial charge < -0.3 is 9.84 Å². The third-order valence-electron chi connectivity index (χ3n) is 2.77. The summed E-state index contributed by atoms with van der Waals surface area (Å²) in [6, 6.07) is 0. The lowest BCUT2D eigenvalue weighted by Gasteiger charge is -2.20. The van der Waals surface area contributed by atoms with Gasteiger partial charge in [0.25, 0.3) is 0 Å². The Labute approximate surface area is 141 Å². The van der Waals surface area contributed by atoms with Crippen molar-refractivity contribution in [1.82, 2.24) is 13.7 Å². The van der Waals surface area contributed by atoms with Crippen molar-refractivity contribution in [2.75, 3.05) is 0 Å². The number of ether oxygens (including phenoxy) is 1. The van der Waals surface area contributed by atoms with Gasteiger partial charge in [0.05, 0.1) is 6.54 Å². The van der Waals surface area contributed by atoms with Crippen molar-refractivity contribution in [3.8, 4) is 0 Å². The lowest BCUT2D eigenvalue weighted by atomic mass is 10.2. The molecule has 0 atom stereocenters. The van der Waals surface area contributed by atoms with Gasteiger partial charge in [0.1, 0.15) is 24.5 Å². The largest absolute Gasteiger partial charge is 0.480 e. The molecule has 0 aliphatic rings. The Balaban J connectivity index is 3.55. The van der Waals surface area contributed by atoms with E-state index in [0.29, 0.717) is 9.13 Å². The smallest absolute Gasteiger partial charge is 0.337 e. The van der Waals surface area contributed by atoms with Crippen LogP contribution in [-0.2, 0) is 38.8 Å². The molecule has 1 aromatic rings. The van der Waals surface area contributed by atoms with Crippen molar-refractivity contribution in [1.29, 1.82) is 0 Å². The first-order chi connectivity index (χ1) is 11.3. The number of carbonyl (C=O) groups excluding carboxylic acids is 2. The van der Waals surface area contributed by atoms with E-state index in [1.54, 1.807) is 20.8 Å². The van der Waals surface area contributed by atoms with Gasteiger partial charge in [-0.1, -0.05) is 0 Å².